The van der Waals surface area contributed by atoms with Gasteiger partial charge in [-0.05, 0) is 14.0 Å². The smallest absolute Gasteiger partial charge is 0.156 e. The highest BCUT2D eigenvalue weighted by Gasteiger charge is 2.01. The number of nitrogens with one attached hydrogen (secondary N) is 1. The van der Waals surface area contributed by atoms with Crippen LogP contribution in [0.15, 0.2) is 18.7 Å². The van der Waals surface area contributed by atoms with Gasteiger partial charge in [0.25, 0.3) is 0 Å². The summed E-state index contributed by atoms with van der Waals surface area (Å²) >= 11 is 0. The van der Waals surface area contributed by atoms with Gasteiger partial charge < -0.3 is 10.1 Å². The Morgan fingerprint density at radius 3 is 2.75 bits per heavy atom. The maximum Gasteiger partial charge on any atom is 0.156 e. The van der Waals surface area contributed by atoms with Gasteiger partial charge >= 0.3 is 0 Å². The van der Waals surface area contributed by atoms with Crippen LogP contribution in [0.1, 0.15) is 6.92 Å². The Labute approximate surface area is 72.0 Å². The molecule has 66 valence electrons. The number of aromatic nitrogens is 2. The molecule has 1 atom stereocenters. The topological polar surface area (TPSA) is 47.0 Å². The van der Waals surface area contributed by atoms with Crippen LogP contribution in [0.2, 0.25) is 0 Å². The molecule has 4 nitrogen and oxygen atoms in total. The average molecular weight is 167 g/mol. The second kappa shape index (κ2) is 4.66. The predicted molar refractivity (Wildman–Crippen MR) is 46.0 cm³/mol. The quantitative estimate of drug-likeness (QED) is 0.707. The first kappa shape index (κ1) is 8.93. The highest BCUT2D eigenvalue weighted by atomic mass is 16.5. The zero-order valence-electron chi connectivity index (χ0n) is 7.32. The molecule has 12 heavy (non-hydrogen) atoms. The Morgan fingerprint density at radius 2 is 2.17 bits per heavy atom. The van der Waals surface area contributed by atoms with E-state index >= 15 is 0 Å². The Kier molecular flexibility index (Phi) is 3.47. The van der Waals surface area contributed by atoms with Gasteiger partial charge in [0.1, 0.15) is 12.4 Å². The molecule has 1 aromatic heterocycles. The molecule has 0 fully saturated rings. The highest BCUT2D eigenvalue weighted by Crippen LogP contribution is 2.06. The number of hydrogen-bond acceptors (Lipinski definition) is 4. The van der Waals surface area contributed by atoms with Crippen LogP contribution in [-0.2, 0) is 0 Å². The van der Waals surface area contributed by atoms with Crippen molar-refractivity contribution in [2.45, 2.75) is 13.0 Å². The van der Waals surface area contributed by atoms with Crippen LogP contribution in [0, 0.1) is 0 Å². The van der Waals surface area contributed by atoms with Crippen molar-refractivity contribution < 1.29 is 4.74 Å². The molecule has 0 amide bonds. The normalized spacial score (nSPS) is 12.5. The highest BCUT2D eigenvalue weighted by molar-refractivity contribution is 5.10. The minimum atomic E-state index is 0.140. The van der Waals surface area contributed by atoms with E-state index in [1.54, 1.807) is 12.4 Å². The molecule has 0 saturated heterocycles. The van der Waals surface area contributed by atoms with E-state index < -0.39 is 0 Å². The summed E-state index contributed by atoms with van der Waals surface area (Å²) in [6.07, 6.45) is 4.93. The van der Waals surface area contributed by atoms with Crippen molar-refractivity contribution in [2.75, 3.05) is 13.6 Å². The van der Waals surface area contributed by atoms with Crippen LogP contribution in [0.3, 0.4) is 0 Å². The molecule has 0 radical (unpaired) electrons. The van der Waals surface area contributed by atoms with E-state index in [2.05, 4.69) is 15.3 Å². The van der Waals surface area contributed by atoms with E-state index in [-0.39, 0.29) is 6.10 Å². The van der Waals surface area contributed by atoms with E-state index in [1.807, 2.05) is 14.0 Å². The van der Waals surface area contributed by atoms with Crippen LogP contribution in [-0.4, -0.2) is 29.7 Å². The van der Waals surface area contributed by atoms with Crippen molar-refractivity contribution in [3.05, 3.63) is 18.7 Å². The molecule has 0 bridgehead atoms. The standard InChI is InChI=1S/C8H13N3O/c1-7(3-9-2)12-8-4-10-6-11-5-8/h4-7,9H,3H2,1-2H3/t7-/m1/s1. The first-order valence-electron chi connectivity index (χ1n) is 3.89. The maximum absolute atomic E-state index is 5.47. The molecule has 0 unspecified atom stereocenters. The second-order valence-corrected chi connectivity index (χ2v) is 2.56. The summed E-state index contributed by atoms with van der Waals surface area (Å²) in [6.45, 7) is 2.80. The Morgan fingerprint density at radius 1 is 1.50 bits per heavy atom. The summed E-state index contributed by atoms with van der Waals surface area (Å²) in [6, 6.07) is 0. The van der Waals surface area contributed by atoms with Crippen molar-refractivity contribution in [3.8, 4) is 5.75 Å². The molecule has 1 heterocycles. The predicted octanol–water partition coefficient (Wildman–Crippen LogP) is 0.463. The maximum atomic E-state index is 5.47. The number of nitrogens with zero attached hydrogens (tertiary/aromatic N) is 2. The van der Waals surface area contributed by atoms with Gasteiger partial charge in [0, 0.05) is 6.54 Å². The van der Waals surface area contributed by atoms with E-state index in [1.165, 1.54) is 6.33 Å². The van der Waals surface area contributed by atoms with Gasteiger partial charge in [-0.25, -0.2) is 9.97 Å². The van der Waals surface area contributed by atoms with Crippen LogP contribution in [0.5, 0.6) is 5.75 Å². The molecule has 4 heteroatoms. The SMILES string of the molecule is CNC[C@@H](C)Oc1cncnc1. The van der Waals surface area contributed by atoms with Crippen molar-refractivity contribution in [1.29, 1.82) is 0 Å². The van der Waals surface area contributed by atoms with Crippen LogP contribution in [0.25, 0.3) is 0 Å². The molecule has 0 saturated carbocycles. The van der Waals surface area contributed by atoms with Gasteiger partial charge in [0.2, 0.25) is 0 Å². The van der Waals surface area contributed by atoms with Crippen molar-refractivity contribution in [2.24, 2.45) is 0 Å². The lowest BCUT2D eigenvalue weighted by molar-refractivity contribution is 0.219. The molecule has 1 aromatic rings. The van der Waals surface area contributed by atoms with Crippen LogP contribution < -0.4 is 10.1 Å². The summed E-state index contributed by atoms with van der Waals surface area (Å²) in [4.78, 5) is 7.68. The molecule has 0 aliphatic carbocycles. The fourth-order valence-electron chi connectivity index (χ4n) is 0.908. The number of likely N-dealkylation sites (N-methyl/N-ethyl adjacent to an activating group) is 1. The van der Waals surface area contributed by atoms with Gasteiger partial charge in [-0.3, -0.25) is 0 Å². The molecular formula is C8H13N3O. The summed E-state index contributed by atoms with van der Waals surface area (Å²) in [5.41, 5.74) is 0. The largest absolute Gasteiger partial charge is 0.486 e. The van der Waals surface area contributed by atoms with E-state index in [0.717, 1.165) is 6.54 Å². The van der Waals surface area contributed by atoms with Crippen LogP contribution >= 0.6 is 0 Å². The van der Waals surface area contributed by atoms with E-state index in [9.17, 15) is 0 Å². The Hall–Kier alpha value is -1.16. The lowest BCUT2D eigenvalue weighted by Gasteiger charge is -2.12. The number of rotatable bonds is 4. The third kappa shape index (κ3) is 2.84. The van der Waals surface area contributed by atoms with Gasteiger partial charge in [0.15, 0.2) is 5.75 Å². The first-order chi connectivity index (χ1) is 5.83. The molecular weight excluding hydrogens is 154 g/mol. The molecule has 1 N–H and O–H groups in total. The Bertz CT molecular complexity index is 215. The minimum Gasteiger partial charge on any atom is -0.486 e. The molecule has 0 aliphatic heterocycles. The molecule has 1 rings (SSSR count). The molecule has 0 aromatic carbocycles. The summed E-state index contributed by atoms with van der Waals surface area (Å²) in [5.74, 6) is 0.709. The van der Waals surface area contributed by atoms with Crippen molar-refractivity contribution in [1.82, 2.24) is 15.3 Å². The summed E-state index contributed by atoms with van der Waals surface area (Å²) in [5, 5.41) is 3.02. The van der Waals surface area contributed by atoms with Crippen molar-refractivity contribution in [3.63, 3.8) is 0 Å². The fourth-order valence-corrected chi connectivity index (χ4v) is 0.908. The summed E-state index contributed by atoms with van der Waals surface area (Å²) in [7, 11) is 1.89. The van der Waals surface area contributed by atoms with Gasteiger partial charge in [0.05, 0.1) is 12.4 Å². The second-order valence-electron chi connectivity index (χ2n) is 2.56. The van der Waals surface area contributed by atoms with Gasteiger partial charge in [-0.2, -0.15) is 0 Å². The summed E-state index contributed by atoms with van der Waals surface area (Å²) < 4.78 is 5.47. The van der Waals surface area contributed by atoms with Gasteiger partial charge in [-0.15, -0.1) is 0 Å². The van der Waals surface area contributed by atoms with E-state index in [0.29, 0.717) is 5.75 Å². The van der Waals surface area contributed by atoms with E-state index in [4.69, 9.17) is 4.74 Å². The van der Waals surface area contributed by atoms with Gasteiger partial charge in [-0.1, -0.05) is 0 Å². The van der Waals surface area contributed by atoms with Crippen LogP contribution in [0.4, 0.5) is 0 Å². The lowest BCUT2D eigenvalue weighted by Crippen LogP contribution is -2.26. The molecule has 0 aliphatic rings. The number of ether oxygens (including phenoxy) is 1. The monoisotopic (exact) mass is 167 g/mol. The zero-order chi connectivity index (χ0) is 8.81. The lowest BCUT2D eigenvalue weighted by atomic mass is 10.4. The average Bonchev–Trinajstić information content (AvgIpc) is 2.06. The minimum absolute atomic E-state index is 0.140. The fraction of sp³-hybridized carbons (Fsp3) is 0.500. The molecule has 0 spiro atoms. The third-order valence-corrected chi connectivity index (χ3v) is 1.37. The third-order valence-electron chi connectivity index (χ3n) is 1.37. The number of hydrogen-bond donors (Lipinski definition) is 1. The first-order valence-corrected chi connectivity index (χ1v) is 3.89. The van der Waals surface area contributed by atoms with Crippen molar-refractivity contribution >= 4 is 0 Å². The zero-order valence-corrected chi connectivity index (χ0v) is 7.32. The Balaban J connectivity index is 2.41.